The number of carbonyl (C=O) groups excluding carboxylic acids is 2. The molecule has 2 aromatic carbocycles. The highest BCUT2D eigenvalue weighted by Crippen LogP contribution is 2.39. The molecule has 162 valence electrons. The van der Waals surface area contributed by atoms with Crippen LogP contribution >= 0.6 is 0 Å². The van der Waals surface area contributed by atoms with Gasteiger partial charge < -0.3 is 19.1 Å². The second kappa shape index (κ2) is 9.22. The maximum atomic E-state index is 13.6. The SMILES string of the molecule is CCOc1ccc(C2=C(N3CCOCC3)C(=O)N(c3ccccc3OCC)C2=O)cc1. The van der Waals surface area contributed by atoms with Crippen LogP contribution in [0.5, 0.6) is 11.5 Å². The van der Waals surface area contributed by atoms with Gasteiger partial charge in [-0.25, -0.2) is 4.90 Å². The monoisotopic (exact) mass is 422 g/mol. The summed E-state index contributed by atoms with van der Waals surface area (Å²) in [6, 6.07) is 14.4. The number of amides is 2. The highest BCUT2D eigenvalue weighted by molar-refractivity contribution is 6.45. The molecule has 2 aliphatic heterocycles. The first-order valence-electron chi connectivity index (χ1n) is 10.6. The zero-order valence-corrected chi connectivity index (χ0v) is 17.8. The average molecular weight is 422 g/mol. The lowest BCUT2D eigenvalue weighted by Gasteiger charge is -2.29. The number of benzene rings is 2. The Kier molecular flexibility index (Phi) is 6.23. The van der Waals surface area contributed by atoms with E-state index in [0.717, 1.165) is 5.75 Å². The van der Waals surface area contributed by atoms with E-state index in [0.29, 0.717) is 67.8 Å². The molecule has 0 atom stereocenters. The number of para-hydroxylation sites is 2. The second-order valence-electron chi connectivity index (χ2n) is 7.13. The Morgan fingerprint density at radius 3 is 2.23 bits per heavy atom. The van der Waals surface area contributed by atoms with Gasteiger partial charge in [-0.2, -0.15) is 0 Å². The van der Waals surface area contributed by atoms with E-state index in [1.165, 1.54) is 4.90 Å². The van der Waals surface area contributed by atoms with Gasteiger partial charge in [0.25, 0.3) is 11.8 Å². The quantitative estimate of drug-likeness (QED) is 0.639. The molecule has 4 rings (SSSR count). The van der Waals surface area contributed by atoms with Crippen molar-refractivity contribution in [3.8, 4) is 11.5 Å². The molecule has 1 fully saturated rings. The van der Waals surface area contributed by atoms with Gasteiger partial charge in [-0.15, -0.1) is 0 Å². The van der Waals surface area contributed by atoms with Crippen molar-refractivity contribution in [1.82, 2.24) is 4.90 Å². The van der Waals surface area contributed by atoms with Crippen molar-refractivity contribution in [2.24, 2.45) is 0 Å². The van der Waals surface area contributed by atoms with E-state index in [-0.39, 0.29) is 11.8 Å². The van der Waals surface area contributed by atoms with Gasteiger partial charge >= 0.3 is 0 Å². The standard InChI is InChI=1S/C24H26N2O5/c1-3-30-18-11-9-17(10-12-18)21-22(25-13-15-29-16-14-25)24(28)26(23(21)27)19-7-5-6-8-20(19)31-4-2/h5-12H,3-4,13-16H2,1-2H3. The van der Waals surface area contributed by atoms with Gasteiger partial charge in [-0.05, 0) is 43.7 Å². The Balaban J connectivity index is 1.79. The zero-order valence-electron chi connectivity index (χ0n) is 17.8. The molecule has 7 nitrogen and oxygen atoms in total. The first kappa shape index (κ1) is 20.9. The van der Waals surface area contributed by atoms with Crippen LogP contribution in [-0.4, -0.2) is 56.2 Å². The Hall–Kier alpha value is -3.32. The number of anilines is 1. The minimum absolute atomic E-state index is 0.345. The first-order valence-corrected chi connectivity index (χ1v) is 10.6. The van der Waals surface area contributed by atoms with Crippen molar-refractivity contribution in [3.05, 3.63) is 59.8 Å². The summed E-state index contributed by atoms with van der Waals surface area (Å²) < 4.78 is 16.7. The van der Waals surface area contributed by atoms with Crippen LogP contribution in [0.25, 0.3) is 5.57 Å². The molecule has 0 unspecified atom stereocenters. The third kappa shape index (κ3) is 4.01. The van der Waals surface area contributed by atoms with Crippen molar-refractivity contribution in [2.75, 3.05) is 44.4 Å². The smallest absolute Gasteiger partial charge is 0.282 e. The summed E-state index contributed by atoms with van der Waals surface area (Å²) in [7, 11) is 0. The van der Waals surface area contributed by atoms with Gasteiger partial charge in [0.15, 0.2) is 0 Å². The Morgan fingerprint density at radius 2 is 1.55 bits per heavy atom. The zero-order chi connectivity index (χ0) is 21.8. The van der Waals surface area contributed by atoms with E-state index < -0.39 is 0 Å². The van der Waals surface area contributed by atoms with E-state index in [9.17, 15) is 9.59 Å². The van der Waals surface area contributed by atoms with Crippen LogP contribution in [0.3, 0.4) is 0 Å². The van der Waals surface area contributed by atoms with Crippen LogP contribution in [0, 0.1) is 0 Å². The number of rotatable bonds is 7. The number of imide groups is 1. The van der Waals surface area contributed by atoms with Crippen molar-refractivity contribution in [3.63, 3.8) is 0 Å². The van der Waals surface area contributed by atoms with Crippen LogP contribution in [0.2, 0.25) is 0 Å². The molecule has 31 heavy (non-hydrogen) atoms. The first-order chi connectivity index (χ1) is 15.2. The molecule has 1 saturated heterocycles. The molecule has 0 aliphatic carbocycles. The minimum Gasteiger partial charge on any atom is -0.494 e. The van der Waals surface area contributed by atoms with Crippen molar-refractivity contribution >= 4 is 23.1 Å². The molecule has 7 heteroatoms. The van der Waals surface area contributed by atoms with Crippen molar-refractivity contribution < 1.29 is 23.8 Å². The molecule has 0 bridgehead atoms. The summed E-state index contributed by atoms with van der Waals surface area (Å²) >= 11 is 0. The van der Waals surface area contributed by atoms with E-state index in [4.69, 9.17) is 14.2 Å². The predicted octanol–water partition coefficient (Wildman–Crippen LogP) is 3.10. The number of hydrogen-bond donors (Lipinski definition) is 0. The minimum atomic E-state index is -0.359. The fourth-order valence-corrected chi connectivity index (χ4v) is 3.88. The molecule has 2 heterocycles. The fourth-order valence-electron chi connectivity index (χ4n) is 3.88. The number of hydrogen-bond acceptors (Lipinski definition) is 6. The largest absolute Gasteiger partial charge is 0.494 e. The normalized spacial score (nSPS) is 16.8. The number of nitrogens with zero attached hydrogens (tertiary/aromatic N) is 2. The summed E-state index contributed by atoms with van der Waals surface area (Å²) in [5, 5.41) is 0. The molecule has 0 spiro atoms. The third-order valence-corrected chi connectivity index (χ3v) is 5.25. The summed E-state index contributed by atoms with van der Waals surface area (Å²) in [6.45, 7) is 6.90. The summed E-state index contributed by atoms with van der Waals surface area (Å²) in [5.41, 5.74) is 1.93. The Morgan fingerprint density at radius 1 is 0.871 bits per heavy atom. The van der Waals surface area contributed by atoms with Crippen LogP contribution in [0.1, 0.15) is 19.4 Å². The maximum Gasteiger partial charge on any atom is 0.282 e. The number of morpholine rings is 1. The van der Waals surface area contributed by atoms with Crippen LogP contribution < -0.4 is 14.4 Å². The Labute approximate surface area is 181 Å². The highest BCUT2D eigenvalue weighted by atomic mass is 16.5. The van der Waals surface area contributed by atoms with Crippen molar-refractivity contribution in [2.45, 2.75) is 13.8 Å². The third-order valence-electron chi connectivity index (χ3n) is 5.25. The van der Waals surface area contributed by atoms with Gasteiger partial charge in [-0.1, -0.05) is 24.3 Å². The predicted molar refractivity (Wildman–Crippen MR) is 117 cm³/mol. The summed E-state index contributed by atoms with van der Waals surface area (Å²) in [6.07, 6.45) is 0. The van der Waals surface area contributed by atoms with Crippen LogP contribution in [-0.2, 0) is 14.3 Å². The molecule has 0 radical (unpaired) electrons. The molecule has 2 amide bonds. The van der Waals surface area contributed by atoms with Crippen molar-refractivity contribution in [1.29, 1.82) is 0 Å². The van der Waals surface area contributed by atoms with Gasteiger partial charge in [0.2, 0.25) is 0 Å². The van der Waals surface area contributed by atoms with E-state index in [2.05, 4.69) is 0 Å². The number of ether oxygens (including phenoxy) is 3. The highest BCUT2D eigenvalue weighted by Gasteiger charge is 2.43. The lowest BCUT2D eigenvalue weighted by molar-refractivity contribution is -0.121. The molecule has 0 N–H and O–H groups in total. The Bertz CT molecular complexity index is 993. The summed E-state index contributed by atoms with van der Waals surface area (Å²) in [4.78, 5) is 30.4. The van der Waals surface area contributed by atoms with E-state index in [1.54, 1.807) is 18.2 Å². The molecular formula is C24H26N2O5. The molecule has 0 aromatic heterocycles. The fraction of sp³-hybridized carbons (Fsp3) is 0.333. The van der Waals surface area contributed by atoms with Crippen LogP contribution in [0.15, 0.2) is 54.2 Å². The van der Waals surface area contributed by atoms with Gasteiger partial charge in [0.05, 0.1) is 37.7 Å². The van der Waals surface area contributed by atoms with Gasteiger partial charge in [-0.3, -0.25) is 9.59 Å². The average Bonchev–Trinajstić information content (AvgIpc) is 3.06. The van der Waals surface area contributed by atoms with Crippen LogP contribution in [0.4, 0.5) is 5.69 Å². The number of carbonyl (C=O) groups is 2. The lowest BCUT2D eigenvalue weighted by Crippen LogP contribution is -2.40. The maximum absolute atomic E-state index is 13.6. The molecule has 2 aliphatic rings. The van der Waals surface area contributed by atoms with Gasteiger partial charge in [0, 0.05) is 13.1 Å². The molecule has 0 saturated carbocycles. The topological polar surface area (TPSA) is 68.3 Å². The summed E-state index contributed by atoms with van der Waals surface area (Å²) in [5.74, 6) is 0.516. The lowest BCUT2D eigenvalue weighted by atomic mass is 10.0. The van der Waals surface area contributed by atoms with E-state index in [1.807, 2.05) is 49.1 Å². The molecular weight excluding hydrogens is 396 g/mol. The second-order valence-corrected chi connectivity index (χ2v) is 7.13. The van der Waals surface area contributed by atoms with E-state index >= 15 is 0 Å². The van der Waals surface area contributed by atoms with Gasteiger partial charge in [0.1, 0.15) is 17.2 Å². The molecule has 2 aromatic rings.